The average molecular weight is 1010 g/mol. The molecule has 1 spiro atoms. The lowest BCUT2D eigenvalue weighted by Gasteiger charge is -2.42. The van der Waals surface area contributed by atoms with Gasteiger partial charge in [-0.15, -0.1) is 0 Å². The van der Waals surface area contributed by atoms with Crippen LogP contribution in [-0.4, -0.2) is 108 Å². The number of nitrogens with one attached hydrogen (secondary N) is 2. The van der Waals surface area contributed by atoms with Crippen molar-refractivity contribution in [1.82, 2.24) is 15.1 Å². The molecule has 3 atom stereocenters. The number of carbonyl (C=O) groups is 5. The van der Waals surface area contributed by atoms with Gasteiger partial charge in [-0.05, 0) is 102 Å². The highest BCUT2D eigenvalue weighted by Crippen LogP contribution is 2.56. The van der Waals surface area contributed by atoms with Crippen LogP contribution >= 0.6 is 0 Å². The second-order valence-electron chi connectivity index (χ2n) is 22.9. The third-order valence-corrected chi connectivity index (χ3v) is 25.8. The fraction of sp³-hybridized carbons (Fsp3) is 0.648. The van der Waals surface area contributed by atoms with Crippen molar-refractivity contribution >= 4 is 52.1 Å². The molecule has 0 bridgehead atoms. The van der Waals surface area contributed by atoms with E-state index in [0.29, 0.717) is 56.0 Å². The van der Waals surface area contributed by atoms with Gasteiger partial charge in [-0.1, -0.05) is 113 Å². The molecule has 0 unspecified atom stereocenters. The molecule has 14 nitrogen and oxygen atoms in total. The maximum absolute atomic E-state index is 15.0. The number of carbonyl (C=O) groups excluding carboxylic acids is 5. The number of methoxy groups -OCH3 is 1. The molecule has 0 radical (unpaired) electrons. The summed E-state index contributed by atoms with van der Waals surface area (Å²) in [6.45, 7) is 33.3. The van der Waals surface area contributed by atoms with Gasteiger partial charge in [-0.2, -0.15) is 0 Å². The number of ether oxygens (including phenoxy) is 3. The maximum atomic E-state index is 15.0. The zero-order chi connectivity index (χ0) is 51.9. The van der Waals surface area contributed by atoms with Crippen LogP contribution in [-0.2, 0) is 36.5 Å². The molecule has 2 aromatic rings. The number of rotatable bonds is 22. The minimum Gasteiger partial charge on any atom is -0.540 e. The van der Waals surface area contributed by atoms with E-state index in [1.54, 1.807) is 31.4 Å². The Morgan fingerprint density at radius 3 is 2.07 bits per heavy atom. The zero-order valence-corrected chi connectivity index (χ0v) is 46.8. The monoisotopic (exact) mass is 1000 g/mol. The molecule has 70 heavy (non-hydrogen) atoms. The lowest BCUT2D eigenvalue weighted by atomic mass is 9.95. The summed E-state index contributed by atoms with van der Waals surface area (Å²) in [5.74, 6) is 0.287. The molecule has 0 aromatic heterocycles. The average Bonchev–Trinajstić information content (AvgIpc) is 3.67. The normalized spacial score (nSPS) is 18.4. The number of hydrogen-bond acceptors (Lipinski definition) is 10. The Balaban J connectivity index is 1.34. The number of ketones is 1. The highest BCUT2D eigenvalue weighted by atomic mass is 28.4. The first kappa shape index (κ1) is 56.2. The van der Waals surface area contributed by atoms with E-state index in [4.69, 9.17) is 23.1 Å². The molecular weight excluding hydrogens is 921 g/mol. The topological polar surface area (TPSA) is 162 Å². The van der Waals surface area contributed by atoms with Crippen molar-refractivity contribution in [1.29, 1.82) is 0 Å². The van der Waals surface area contributed by atoms with Crippen LogP contribution in [0.4, 0.5) is 15.3 Å². The van der Waals surface area contributed by atoms with Crippen LogP contribution in [0.25, 0.3) is 0 Å². The molecular formula is C54H84N4O10Si2. The first-order chi connectivity index (χ1) is 32.8. The Kier molecular flexibility index (Phi) is 18.7. The van der Waals surface area contributed by atoms with Crippen LogP contribution in [0.15, 0.2) is 49.1 Å². The quantitative estimate of drug-likeness (QED) is 0.0858. The van der Waals surface area contributed by atoms with Gasteiger partial charge < -0.3 is 33.3 Å². The highest BCUT2D eigenvalue weighted by Gasteiger charge is 2.54. The smallest absolute Gasteiger partial charge is 0.411 e. The molecule has 1 aliphatic carbocycles. The van der Waals surface area contributed by atoms with E-state index in [0.717, 1.165) is 24.8 Å². The lowest BCUT2D eigenvalue weighted by Crippen LogP contribution is -2.51. The molecule has 5 rings (SSSR count). The minimum atomic E-state index is -2.52. The fourth-order valence-electron chi connectivity index (χ4n) is 10.2. The van der Waals surface area contributed by atoms with Crippen LogP contribution in [0.5, 0.6) is 11.5 Å². The van der Waals surface area contributed by atoms with Gasteiger partial charge in [-0.25, -0.2) is 9.59 Å². The Morgan fingerprint density at radius 2 is 1.51 bits per heavy atom. The Hall–Kier alpha value is -4.68. The number of amides is 4. The highest BCUT2D eigenvalue weighted by molar-refractivity contribution is 6.78. The van der Waals surface area contributed by atoms with Gasteiger partial charge in [0.2, 0.25) is 5.91 Å². The zero-order valence-electron chi connectivity index (χ0n) is 44.8. The van der Waals surface area contributed by atoms with Crippen molar-refractivity contribution in [3.63, 3.8) is 0 Å². The second-order valence-corrected chi connectivity index (χ2v) is 33.1. The van der Waals surface area contributed by atoms with Gasteiger partial charge in [0.25, 0.3) is 14.2 Å². The van der Waals surface area contributed by atoms with E-state index < -0.39 is 40.9 Å². The summed E-state index contributed by atoms with van der Waals surface area (Å²) >= 11 is 0. The molecule has 16 heteroatoms. The molecule has 2 aliphatic heterocycles. The van der Waals surface area contributed by atoms with Crippen LogP contribution in [0.1, 0.15) is 136 Å². The van der Waals surface area contributed by atoms with E-state index in [2.05, 4.69) is 92.6 Å². The predicted molar refractivity (Wildman–Crippen MR) is 281 cm³/mol. The van der Waals surface area contributed by atoms with E-state index in [1.165, 1.54) is 11.0 Å². The fourth-order valence-corrected chi connectivity index (χ4v) is 16.5. The van der Waals surface area contributed by atoms with Crippen LogP contribution in [0, 0.1) is 11.3 Å². The largest absolute Gasteiger partial charge is 0.540 e. The number of nitrogens with zero attached hydrogens (tertiary/aromatic N) is 2. The van der Waals surface area contributed by atoms with E-state index in [9.17, 15) is 24.0 Å². The number of anilines is 1. The summed E-state index contributed by atoms with van der Waals surface area (Å²) in [6, 6.07) is 9.08. The maximum Gasteiger partial charge on any atom is 0.411 e. The summed E-state index contributed by atoms with van der Waals surface area (Å²) in [5, 5.41) is 5.89. The van der Waals surface area contributed by atoms with Crippen molar-refractivity contribution in [3.8, 4) is 11.5 Å². The summed E-state index contributed by atoms with van der Waals surface area (Å²) in [6.07, 6.45) is 4.82. The number of likely N-dealkylation sites (tertiary alicyclic amines) is 2. The van der Waals surface area contributed by atoms with Crippen LogP contribution in [0.2, 0.25) is 34.8 Å². The van der Waals surface area contributed by atoms with Gasteiger partial charge in [0.1, 0.15) is 25.0 Å². The molecule has 3 aliphatic rings. The molecule has 3 fully saturated rings. The summed E-state index contributed by atoms with van der Waals surface area (Å²) < 4.78 is 30.9. The van der Waals surface area contributed by atoms with Crippen molar-refractivity contribution in [3.05, 3.63) is 65.7 Å². The van der Waals surface area contributed by atoms with Gasteiger partial charge in [0, 0.05) is 25.6 Å². The molecule has 2 saturated heterocycles. The second kappa shape index (κ2) is 23.3. The minimum absolute atomic E-state index is 0.0160. The standard InChI is InChI=1S/C54H84N4O10Si2/c1-16-26-65-52(63)57-25-17-18-45(57)49(60)55-44(27-35(2)3)46(59)28-39-19-21-40(22-20-39)32-66-51(62)56-43-30-48(68-70(36(4)5,37(6)7)38(8)9)47(64-13)29-42(43)50(61)58-34-54(23-24-54)31-41(58)33-67-69(14,15)53(10,11)12/h16,19-22,29-30,35-38,41,44-45H,1,17-18,23-28,31-34H2,2-15H3,(H,55,60)(H,56,62)/t41-,44-,45-/m0/s1. The van der Waals surface area contributed by atoms with E-state index >= 15 is 0 Å². The molecule has 388 valence electrons. The van der Waals surface area contributed by atoms with Crippen molar-refractivity contribution in [2.45, 2.75) is 181 Å². The van der Waals surface area contributed by atoms with Gasteiger partial charge in [0.15, 0.2) is 19.9 Å². The Labute approximate surface area is 420 Å². The third-order valence-electron chi connectivity index (χ3n) is 15.3. The molecule has 4 amide bonds. The summed E-state index contributed by atoms with van der Waals surface area (Å²) in [7, 11) is -3.05. The number of hydrogen-bond donors (Lipinski definition) is 2. The first-order valence-electron chi connectivity index (χ1n) is 25.5. The van der Waals surface area contributed by atoms with Gasteiger partial charge >= 0.3 is 12.2 Å². The van der Waals surface area contributed by atoms with Crippen molar-refractivity contribution in [2.24, 2.45) is 11.3 Å². The van der Waals surface area contributed by atoms with E-state index in [1.807, 2.05) is 30.9 Å². The summed E-state index contributed by atoms with van der Waals surface area (Å²) in [5.41, 5.74) is 2.83. The Morgan fingerprint density at radius 1 is 0.886 bits per heavy atom. The van der Waals surface area contributed by atoms with E-state index in [-0.39, 0.29) is 87.5 Å². The molecule has 1 saturated carbocycles. The molecule has 2 aromatic carbocycles. The van der Waals surface area contributed by atoms with Crippen LogP contribution < -0.4 is 19.8 Å². The first-order valence-corrected chi connectivity index (χ1v) is 30.6. The van der Waals surface area contributed by atoms with Crippen molar-refractivity contribution in [2.75, 3.05) is 38.7 Å². The number of benzene rings is 2. The third kappa shape index (κ3) is 13.4. The lowest BCUT2D eigenvalue weighted by molar-refractivity contribution is -0.130. The molecule has 2 heterocycles. The number of Topliss-reactive ketones (excluding diaryl/α,β-unsaturated/α-hetero) is 1. The van der Waals surface area contributed by atoms with Gasteiger partial charge in [-0.3, -0.25) is 24.6 Å². The predicted octanol–water partition coefficient (Wildman–Crippen LogP) is 11.4. The Bertz CT molecular complexity index is 2160. The van der Waals surface area contributed by atoms with Gasteiger partial charge in [0.05, 0.1) is 37.1 Å². The molecule has 2 N–H and O–H groups in total. The summed E-state index contributed by atoms with van der Waals surface area (Å²) in [4.78, 5) is 72.0. The van der Waals surface area contributed by atoms with Crippen LogP contribution in [0.3, 0.4) is 0 Å². The SMILES string of the molecule is C=CCOC(=O)N1CCC[C@H]1C(=O)N[C@@H](CC(C)C)C(=O)Cc1ccc(COC(=O)Nc2cc(O[Si](C(C)C)(C(C)C)C(C)C)c(OC)cc2C(=O)N2CC3(CC3)C[C@H]2CO[Si](C)(C)C(C)(C)C)cc1. The van der Waals surface area contributed by atoms with Crippen molar-refractivity contribution < 1.29 is 47.0 Å².